The molecule has 0 aliphatic carbocycles. The zero-order valence-electron chi connectivity index (χ0n) is 24.3. The Hall–Kier alpha value is -4.30. The molecule has 5 rings (SSSR count). The third kappa shape index (κ3) is 6.38. The molecule has 0 saturated carbocycles. The number of benzene rings is 2. The van der Waals surface area contributed by atoms with Crippen LogP contribution in [0.5, 0.6) is 0 Å². The number of para-hydroxylation sites is 1. The van der Waals surface area contributed by atoms with Gasteiger partial charge >= 0.3 is 0 Å². The molecule has 1 saturated heterocycles. The third-order valence-electron chi connectivity index (χ3n) is 7.63. The van der Waals surface area contributed by atoms with Gasteiger partial charge in [0, 0.05) is 43.0 Å². The van der Waals surface area contributed by atoms with Gasteiger partial charge in [-0.1, -0.05) is 42.5 Å². The van der Waals surface area contributed by atoms with E-state index in [9.17, 15) is 9.59 Å². The third-order valence-corrected chi connectivity index (χ3v) is 7.63. The number of carbonyl (C=O) groups is 2. The highest BCUT2D eigenvalue weighted by Gasteiger charge is 2.27. The second-order valence-electron chi connectivity index (χ2n) is 11.0. The summed E-state index contributed by atoms with van der Waals surface area (Å²) in [6.45, 7) is 6.08. The van der Waals surface area contributed by atoms with E-state index >= 15 is 0 Å². The van der Waals surface area contributed by atoms with E-state index in [4.69, 9.17) is 4.98 Å². The molecule has 2 aromatic heterocycles. The van der Waals surface area contributed by atoms with Crippen molar-refractivity contribution in [2.24, 2.45) is 0 Å². The van der Waals surface area contributed by atoms with Crippen LogP contribution in [0.1, 0.15) is 46.8 Å². The molecule has 1 atom stereocenters. The lowest BCUT2D eigenvalue weighted by molar-refractivity contribution is -0.126. The van der Waals surface area contributed by atoms with Gasteiger partial charge in [0.05, 0.1) is 22.8 Å². The van der Waals surface area contributed by atoms with Gasteiger partial charge in [-0.2, -0.15) is 0 Å². The number of hydrogen-bond acceptors (Lipinski definition) is 5. The Morgan fingerprint density at radius 2 is 1.85 bits per heavy atom. The summed E-state index contributed by atoms with van der Waals surface area (Å²) in [5.74, 6) is 0.270. The topological polar surface area (TPSA) is 83.4 Å². The zero-order chi connectivity index (χ0) is 28.9. The van der Waals surface area contributed by atoms with Crippen molar-refractivity contribution in [1.82, 2.24) is 24.3 Å². The van der Waals surface area contributed by atoms with Crippen molar-refractivity contribution >= 4 is 28.8 Å². The Morgan fingerprint density at radius 1 is 1.05 bits per heavy atom. The summed E-state index contributed by atoms with van der Waals surface area (Å²) in [4.78, 5) is 40.1. The highest BCUT2D eigenvalue weighted by Crippen LogP contribution is 2.32. The Bertz CT molecular complexity index is 1590. The normalized spacial score (nSPS) is 15.9. The molecule has 1 fully saturated rings. The fourth-order valence-corrected chi connectivity index (χ4v) is 5.52. The molecule has 8 heteroatoms. The predicted molar refractivity (Wildman–Crippen MR) is 164 cm³/mol. The average molecular weight is 551 g/mol. The molecule has 2 amide bonds. The molecule has 1 aliphatic rings. The second kappa shape index (κ2) is 12.5. The number of carbonyl (C=O) groups excluding carboxylic acids is 2. The Kier molecular flexibility index (Phi) is 8.59. The second-order valence-corrected chi connectivity index (χ2v) is 11.0. The Morgan fingerprint density at radius 3 is 2.66 bits per heavy atom. The Balaban J connectivity index is 1.47. The van der Waals surface area contributed by atoms with Gasteiger partial charge in [0.2, 0.25) is 11.9 Å². The number of rotatable bonds is 7. The molecule has 0 bridgehead atoms. The van der Waals surface area contributed by atoms with Crippen molar-refractivity contribution in [2.75, 3.05) is 39.0 Å². The van der Waals surface area contributed by atoms with E-state index in [0.717, 1.165) is 52.7 Å². The van der Waals surface area contributed by atoms with E-state index in [1.54, 1.807) is 18.3 Å². The maximum absolute atomic E-state index is 13.6. The van der Waals surface area contributed by atoms with Crippen LogP contribution in [0.2, 0.25) is 0 Å². The summed E-state index contributed by atoms with van der Waals surface area (Å²) in [7, 11) is 3.96. The first-order valence-electron chi connectivity index (χ1n) is 14.2. The number of likely N-dealkylation sites (N-methyl/N-ethyl adjacent to an activating group) is 1. The van der Waals surface area contributed by atoms with Crippen molar-refractivity contribution in [1.29, 1.82) is 0 Å². The fraction of sp³-hybridized carbons (Fsp3) is 0.333. The lowest BCUT2D eigenvalue weighted by Crippen LogP contribution is -2.35. The van der Waals surface area contributed by atoms with E-state index in [1.165, 1.54) is 0 Å². The molecule has 1 N–H and O–H groups in total. The molecule has 3 heterocycles. The van der Waals surface area contributed by atoms with Gasteiger partial charge in [-0.05, 0) is 76.5 Å². The van der Waals surface area contributed by atoms with Crippen LogP contribution in [0.25, 0.3) is 22.3 Å². The molecule has 4 aromatic rings. The zero-order valence-corrected chi connectivity index (χ0v) is 24.3. The van der Waals surface area contributed by atoms with Crippen molar-refractivity contribution in [2.45, 2.75) is 39.2 Å². The molecule has 212 valence electrons. The molecule has 41 heavy (non-hydrogen) atoms. The first kappa shape index (κ1) is 28.2. The summed E-state index contributed by atoms with van der Waals surface area (Å²) in [6, 6.07) is 17.5. The number of pyridine rings is 1. The molecule has 0 spiro atoms. The SMILES string of the molecule is Cc1ccccc1-c1cc(C(=O)Nc2nc3cccc(C)c3n2[C@@H]2CCCCN(C(=O)C=CCN(C)C)C2)ccn1. The van der Waals surface area contributed by atoms with Gasteiger partial charge in [-0.15, -0.1) is 0 Å². The largest absolute Gasteiger partial charge is 0.337 e. The molecule has 0 unspecified atom stereocenters. The summed E-state index contributed by atoms with van der Waals surface area (Å²) < 4.78 is 2.14. The first-order chi connectivity index (χ1) is 19.8. The summed E-state index contributed by atoms with van der Waals surface area (Å²) in [5.41, 5.74) is 6.24. The molecule has 0 radical (unpaired) electrons. The maximum Gasteiger partial charge on any atom is 0.258 e. The van der Waals surface area contributed by atoms with Crippen LogP contribution in [0.15, 0.2) is 72.9 Å². The lowest BCUT2D eigenvalue weighted by atomic mass is 10.0. The fourth-order valence-electron chi connectivity index (χ4n) is 5.52. The lowest BCUT2D eigenvalue weighted by Gasteiger charge is -2.26. The predicted octanol–water partition coefficient (Wildman–Crippen LogP) is 5.64. The van der Waals surface area contributed by atoms with Crippen LogP contribution in [0, 0.1) is 13.8 Å². The summed E-state index contributed by atoms with van der Waals surface area (Å²) in [6.07, 6.45) is 8.07. The molecule has 8 nitrogen and oxygen atoms in total. The van der Waals surface area contributed by atoms with E-state index < -0.39 is 0 Å². The van der Waals surface area contributed by atoms with Gasteiger partial charge in [0.15, 0.2) is 0 Å². The van der Waals surface area contributed by atoms with Crippen LogP contribution < -0.4 is 5.32 Å². The van der Waals surface area contributed by atoms with E-state index in [1.807, 2.05) is 79.4 Å². The summed E-state index contributed by atoms with van der Waals surface area (Å²) >= 11 is 0. The van der Waals surface area contributed by atoms with Gasteiger partial charge < -0.3 is 14.4 Å². The maximum atomic E-state index is 13.6. The monoisotopic (exact) mass is 550 g/mol. The van der Waals surface area contributed by atoms with E-state index in [2.05, 4.69) is 27.9 Å². The molecular weight excluding hydrogens is 512 g/mol. The van der Waals surface area contributed by atoms with Gasteiger partial charge in [0.1, 0.15) is 0 Å². The van der Waals surface area contributed by atoms with E-state index in [0.29, 0.717) is 31.1 Å². The average Bonchev–Trinajstić information content (AvgIpc) is 3.15. The van der Waals surface area contributed by atoms with Gasteiger partial charge in [0.25, 0.3) is 5.91 Å². The number of fused-ring (bicyclic) bond motifs is 1. The van der Waals surface area contributed by atoms with E-state index in [-0.39, 0.29) is 17.9 Å². The highest BCUT2D eigenvalue weighted by molar-refractivity contribution is 6.04. The minimum absolute atomic E-state index is 0.0194. The number of aryl methyl sites for hydroxylation is 2. The molecule has 1 aliphatic heterocycles. The molecular formula is C33H38N6O2. The number of amides is 2. The number of imidazole rings is 1. The van der Waals surface area contributed by atoms with Crippen LogP contribution in [0.4, 0.5) is 5.95 Å². The smallest absolute Gasteiger partial charge is 0.258 e. The van der Waals surface area contributed by atoms with Crippen LogP contribution in [0.3, 0.4) is 0 Å². The van der Waals surface area contributed by atoms with Crippen molar-refractivity contribution in [3.05, 3.63) is 89.6 Å². The number of nitrogens with one attached hydrogen (secondary N) is 1. The number of likely N-dealkylation sites (tertiary alicyclic amines) is 1. The van der Waals surface area contributed by atoms with Crippen molar-refractivity contribution in [3.63, 3.8) is 0 Å². The minimum Gasteiger partial charge on any atom is -0.337 e. The van der Waals surface area contributed by atoms with Gasteiger partial charge in [-0.25, -0.2) is 4.98 Å². The number of hydrogen-bond donors (Lipinski definition) is 1. The first-order valence-corrected chi connectivity index (χ1v) is 14.2. The van der Waals surface area contributed by atoms with Crippen LogP contribution in [-0.2, 0) is 4.79 Å². The van der Waals surface area contributed by atoms with Crippen molar-refractivity contribution < 1.29 is 9.59 Å². The highest BCUT2D eigenvalue weighted by atomic mass is 16.2. The number of aromatic nitrogens is 3. The summed E-state index contributed by atoms with van der Waals surface area (Å²) in [5, 5.41) is 3.11. The Labute approximate surface area is 241 Å². The quantitative estimate of drug-likeness (QED) is 0.301. The number of anilines is 1. The van der Waals surface area contributed by atoms with Gasteiger partial charge in [-0.3, -0.25) is 19.9 Å². The molecule has 2 aromatic carbocycles. The van der Waals surface area contributed by atoms with Crippen molar-refractivity contribution in [3.8, 4) is 11.3 Å². The van der Waals surface area contributed by atoms with Crippen LogP contribution in [-0.4, -0.2) is 69.9 Å². The standard InChI is InChI=1S/C33H38N6O2/c1-23-11-5-6-14-27(23)29-21-25(17-18-34-29)32(41)36-33-35-28-15-9-12-24(2)31(28)39(33)26-13-7-8-20-38(22-26)30(40)16-10-19-37(3)4/h5-6,9-12,14-18,21,26H,7-8,13,19-20,22H2,1-4H3,(H,35,36,41)/t26-/m1/s1. The number of nitrogens with zero attached hydrogens (tertiary/aromatic N) is 5. The van der Waals surface area contributed by atoms with Crippen LogP contribution >= 0.6 is 0 Å². The minimum atomic E-state index is -0.246.